The van der Waals surface area contributed by atoms with Crippen LogP contribution in [0.15, 0.2) is 53.1 Å². The highest BCUT2D eigenvalue weighted by atomic mass is 16.5. The summed E-state index contributed by atoms with van der Waals surface area (Å²) in [5.41, 5.74) is 2.13. The molecule has 2 amide bonds. The minimum absolute atomic E-state index is 0.0517. The molecular formula is C28H30N2O6. The number of hydrogen-bond acceptors (Lipinski definition) is 7. The first-order chi connectivity index (χ1) is 17.4. The van der Waals surface area contributed by atoms with Crippen molar-refractivity contribution < 1.29 is 28.5 Å². The normalized spacial score (nSPS) is 14.7. The predicted octanol–water partition coefficient (Wildman–Crippen LogP) is 4.34. The average Bonchev–Trinajstić information content (AvgIpc) is 2.88. The van der Waals surface area contributed by atoms with Crippen LogP contribution in [0.4, 0.5) is 0 Å². The number of nitriles is 1. The van der Waals surface area contributed by atoms with Gasteiger partial charge in [0.25, 0.3) is 11.8 Å². The largest absolute Gasteiger partial charge is 0.493 e. The molecule has 3 rings (SSSR count). The lowest BCUT2D eigenvalue weighted by Gasteiger charge is -2.27. The molecule has 0 saturated heterocycles. The highest BCUT2D eigenvalue weighted by molar-refractivity contribution is 6.19. The molecule has 1 aliphatic heterocycles. The summed E-state index contributed by atoms with van der Waals surface area (Å²) in [6.45, 7) is 6.43. The van der Waals surface area contributed by atoms with E-state index in [1.54, 1.807) is 57.6 Å². The maximum Gasteiger partial charge on any atom is 0.271 e. The molecule has 1 aliphatic rings. The van der Waals surface area contributed by atoms with E-state index in [0.717, 1.165) is 10.5 Å². The van der Waals surface area contributed by atoms with Crippen molar-refractivity contribution in [3.63, 3.8) is 0 Å². The molecule has 0 unspecified atom stereocenters. The van der Waals surface area contributed by atoms with E-state index in [0.29, 0.717) is 53.8 Å². The number of amides is 2. The summed E-state index contributed by atoms with van der Waals surface area (Å²) in [5, 5.41) is 9.68. The molecule has 8 nitrogen and oxygen atoms in total. The molecule has 1 heterocycles. The van der Waals surface area contributed by atoms with Crippen LogP contribution in [0, 0.1) is 11.3 Å². The molecule has 0 saturated carbocycles. The molecule has 0 aromatic heterocycles. The third-order valence-corrected chi connectivity index (χ3v) is 5.78. The lowest BCUT2D eigenvalue weighted by atomic mass is 9.93. The second-order valence-corrected chi connectivity index (χ2v) is 7.94. The van der Waals surface area contributed by atoms with Crippen molar-refractivity contribution in [3.8, 4) is 29.1 Å². The number of nitrogens with zero attached hydrogens (tertiary/aromatic N) is 2. The van der Waals surface area contributed by atoms with E-state index in [4.69, 9.17) is 18.9 Å². The highest BCUT2D eigenvalue weighted by Gasteiger charge is 2.35. The first-order valence-corrected chi connectivity index (χ1v) is 11.7. The maximum absolute atomic E-state index is 13.4. The van der Waals surface area contributed by atoms with Gasteiger partial charge in [0.15, 0.2) is 23.0 Å². The van der Waals surface area contributed by atoms with Crippen LogP contribution in [0.2, 0.25) is 0 Å². The third-order valence-electron chi connectivity index (χ3n) is 5.78. The lowest BCUT2D eigenvalue weighted by Crippen LogP contribution is -2.43. The van der Waals surface area contributed by atoms with E-state index in [1.807, 2.05) is 26.0 Å². The molecule has 0 spiro atoms. The number of carbonyl (C=O) groups is 2. The molecule has 2 aromatic rings. The van der Waals surface area contributed by atoms with Gasteiger partial charge < -0.3 is 18.9 Å². The number of hydrogen-bond donors (Lipinski definition) is 0. The number of ether oxygens (including phenoxy) is 4. The van der Waals surface area contributed by atoms with Crippen molar-refractivity contribution in [1.82, 2.24) is 4.90 Å². The van der Waals surface area contributed by atoms with Crippen molar-refractivity contribution in [2.75, 3.05) is 34.0 Å². The van der Waals surface area contributed by atoms with Crippen LogP contribution in [0.5, 0.6) is 23.0 Å². The van der Waals surface area contributed by atoms with E-state index in [-0.39, 0.29) is 17.7 Å². The average molecular weight is 491 g/mol. The zero-order valence-corrected chi connectivity index (χ0v) is 21.2. The SMILES string of the molecule is CCOc1ccc(/C=C2/C(=O)N(CCc3ccc(OC)c(OC)c3)C(=O)C(C#N)=C2C)cc1OCC. The molecule has 0 atom stereocenters. The molecule has 2 aromatic carbocycles. The number of benzene rings is 2. The fourth-order valence-electron chi connectivity index (χ4n) is 3.93. The van der Waals surface area contributed by atoms with Gasteiger partial charge in [0.05, 0.1) is 27.4 Å². The van der Waals surface area contributed by atoms with Gasteiger partial charge in [-0.15, -0.1) is 0 Å². The summed E-state index contributed by atoms with van der Waals surface area (Å²) in [6.07, 6.45) is 2.06. The van der Waals surface area contributed by atoms with Gasteiger partial charge in [-0.3, -0.25) is 14.5 Å². The first kappa shape index (κ1) is 26.4. The van der Waals surface area contributed by atoms with Gasteiger partial charge in [0.2, 0.25) is 0 Å². The first-order valence-electron chi connectivity index (χ1n) is 11.7. The van der Waals surface area contributed by atoms with Crippen LogP contribution < -0.4 is 18.9 Å². The molecule has 0 aliphatic carbocycles. The zero-order chi connectivity index (χ0) is 26.2. The van der Waals surface area contributed by atoms with E-state index in [1.165, 1.54) is 0 Å². The number of imide groups is 1. The van der Waals surface area contributed by atoms with Crippen molar-refractivity contribution >= 4 is 17.9 Å². The number of methoxy groups -OCH3 is 2. The topological polar surface area (TPSA) is 98.1 Å². The minimum atomic E-state index is -0.598. The van der Waals surface area contributed by atoms with Crippen LogP contribution in [-0.2, 0) is 16.0 Å². The Balaban J connectivity index is 1.94. The Bertz CT molecular complexity index is 1260. The summed E-state index contributed by atoms with van der Waals surface area (Å²) in [6, 6.07) is 12.7. The summed E-state index contributed by atoms with van der Waals surface area (Å²) >= 11 is 0. The van der Waals surface area contributed by atoms with Crippen molar-refractivity contribution in [2.45, 2.75) is 27.2 Å². The predicted molar refractivity (Wildman–Crippen MR) is 135 cm³/mol. The van der Waals surface area contributed by atoms with E-state index < -0.39 is 11.8 Å². The zero-order valence-electron chi connectivity index (χ0n) is 21.2. The lowest BCUT2D eigenvalue weighted by molar-refractivity contribution is -0.140. The van der Waals surface area contributed by atoms with E-state index >= 15 is 0 Å². The fraction of sp³-hybridized carbons (Fsp3) is 0.321. The Morgan fingerprint density at radius 3 is 2.19 bits per heavy atom. The van der Waals surface area contributed by atoms with Crippen molar-refractivity contribution in [1.29, 1.82) is 5.26 Å². The number of carbonyl (C=O) groups excluding carboxylic acids is 2. The fourth-order valence-corrected chi connectivity index (χ4v) is 3.93. The van der Waals surface area contributed by atoms with Gasteiger partial charge >= 0.3 is 0 Å². The number of rotatable bonds is 10. The van der Waals surface area contributed by atoms with Crippen LogP contribution in [0.1, 0.15) is 31.9 Å². The molecular weight excluding hydrogens is 460 g/mol. The van der Waals surface area contributed by atoms with Crippen LogP contribution in [0.25, 0.3) is 6.08 Å². The smallest absolute Gasteiger partial charge is 0.271 e. The molecule has 0 radical (unpaired) electrons. The van der Waals surface area contributed by atoms with Crippen LogP contribution in [0.3, 0.4) is 0 Å². The Hall–Kier alpha value is -4.25. The van der Waals surface area contributed by atoms with Crippen molar-refractivity contribution in [3.05, 3.63) is 64.2 Å². The second-order valence-electron chi connectivity index (χ2n) is 7.94. The molecule has 36 heavy (non-hydrogen) atoms. The Kier molecular flexibility index (Phi) is 8.74. The monoisotopic (exact) mass is 490 g/mol. The Morgan fingerprint density at radius 2 is 1.56 bits per heavy atom. The molecule has 8 heteroatoms. The molecule has 0 fully saturated rings. The van der Waals surface area contributed by atoms with Crippen LogP contribution in [-0.4, -0.2) is 50.7 Å². The summed E-state index contributed by atoms with van der Waals surface area (Å²) in [5.74, 6) is 1.25. The van der Waals surface area contributed by atoms with Gasteiger partial charge in [-0.25, -0.2) is 0 Å². The molecule has 188 valence electrons. The summed E-state index contributed by atoms with van der Waals surface area (Å²) in [4.78, 5) is 27.5. The van der Waals surface area contributed by atoms with Crippen LogP contribution >= 0.6 is 0 Å². The molecule has 0 bridgehead atoms. The third kappa shape index (κ3) is 5.52. The molecule has 0 N–H and O–H groups in total. The van der Waals surface area contributed by atoms with Gasteiger partial charge in [-0.2, -0.15) is 5.26 Å². The van der Waals surface area contributed by atoms with E-state index in [9.17, 15) is 14.9 Å². The van der Waals surface area contributed by atoms with Crippen molar-refractivity contribution in [2.24, 2.45) is 0 Å². The highest BCUT2D eigenvalue weighted by Crippen LogP contribution is 2.32. The Labute approximate surface area is 211 Å². The van der Waals surface area contributed by atoms with Gasteiger partial charge in [0.1, 0.15) is 11.6 Å². The van der Waals surface area contributed by atoms with Gasteiger partial charge in [0, 0.05) is 12.1 Å². The maximum atomic E-state index is 13.4. The van der Waals surface area contributed by atoms with Gasteiger partial charge in [-0.05, 0) is 74.2 Å². The summed E-state index contributed by atoms with van der Waals surface area (Å²) < 4.78 is 21.9. The summed E-state index contributed by atoms with van der Waals surface area (Å²) in [7, 11) is 3.09. The van der Waals surface area contributed by atoms with E-state index in [2.05, 4.69) is 0 Å². The second kappa shape index (κ2) is 11.9. The standard InChI is InChI=1S/C28H30N2O6/c1-6-35-24-11-9-20(16-26(24)36-7-2)14-21-18(3)22(17-29)28(32)30(27(21)31)13-12-19-8-10-23(33-4)25(15-19)34-5/h8-11,14-16H,6-7,12-13H2,1-5H3/b21-14+. The minimum Gasteiger partial charge on any atom is -0.493 e. The quantitative estimate of drug-likeness (QED) is 0.361. The Morgan fingerprint density at radius 1 is 0.889 bits per heavy atom. The van der Waals surface area contributed by atoms with Gasteiger partial charge in [-0.1, -0.05) is 12.1 Å².